The van der Waals surface area contributed by atoms with Crippen LogP contribution in [-0.4, -0.2) is 20.4 Å². The van der Waals surface area contributed by atoms with E-state index in [4.69, 9.17) is 0 Å². The van der Waals surface area contributed by atoms with E-state index in [1.807, 2.05) is 43.3 Å². The summed E-state index contributed by atoms with van der Waals surface area (Å²) in [6.07, 6.45) is 1.28. The van der Waals surface area contributed by atoms with Gasteiger partial charge in [0.2, 0.25) is 5.91 Å². The van der Waals surface area contributed by atoms with Crippen molar-refractivity contribution in [1.82, 2.24) is 14.5 Å². The zero-order valence-electron chi connectivity index (χ0n) is 17.3. The van der Waals surface area contributed by atoms with Gasteiger partial charge >= 0.3 is 0 Å². The third-order valence-electron chi connectivity index (χ3n) is 5.15. The van der Waals surface area contributed by atoms with E-state index in [2.05, 4.69) is 15.3 Å². The molecule has 0 aliphatic rings. The van der Waals surface area contributed by atoms with E-state index in [1.54, 1.807) is 0 Å². The molecule has 2 aromatic carbocycles. The number of nitrogens with one attached hydrogen (secondary N) is 1. The topological polar surface area (TPSA) is 76.9 Å². The second kappa shape index (κ2) is 8.18. The van der Waals surface area contributed by atoms with Gasteiger partial charge in [-0.15, -0.1) is 11.3 Å². The number of aromatic nitrogens is 3. The molecule has 0 radical (unpaired) electrons. The first-order chi connectivity index (χ1) is 15.9. The monoisotopic (exact) mass is 462 g/mol. The Labute approximate surface area is 190 Å². The van der Waals surface area contributed by atoms with Gasteiger partial charge in [0.25, 0.3) is 5.56 Å². The van der Waals surface area contributed by atoms with Crippen LogP contribution in [-0.2, 0) is 11.3 Å². The summed E-state index contributed by atoms with van der Waals surface area (Å²) in [7, 11) is 0. The maximum absolute atomic E-state index is 13.8. The maximum atomic E-state index is 13.8. The van der Waals surface area contributed by atoms with Crippen LogP contribution in [0.3, 0.4) is 0 Å². The van der Waals surface area contributed by atoms with Crippen molar-refractivity contribution in [3.05, 3.63) is 88.6 Å². The molecule has 0 aliphatic heterocycles. The largest absolute Gasteiger partial charge is 0.322 e. The molecule has 3 aromatic heterocycles. The molecule has 9 heteroatoms. The van der Waals surface area contributed by atoms with Crippen LogP contribution in [0, 0.1) is 18.6 Å². The lowest BCUT2D eigenvalue weighted by Gasteiger charge is -2.08. The van der Waals surface area contributed by atoms with E-state index in [-0.39, 0.29) is 5.69 Å². The standard InChI is InChI=1S/C24H16F2N4O2S/c1-13-9-16(14-5-3-2-4-6-14)20-21-22(33-23(20)28-13)24(32)30(12-27-21)11-19(31)29-18-10-15(25)7-8-17(18)26/h2-10,12H,11H2,1H3,(H,29,31). The average molecular weight is 462 g/mol. The minimum Gasteiger partial charge on any atom is -0.322 e. The van der Waals surface area contributed by atoms with Crippen molar-refractivity contribution in [1.29, 1.82) is 0 Å². The van der Waals surface area contributed by atoms with Crippen molar-refractivity contribution >= 4 is 43.4 Å². The lowest BCUT2D eigenvalue weighted by molar-refractivity contribution is -0.116. The number of amides is 1. The van der Waals surface area contributed by atoms with Crippen LogP contribution < -0.4 is 10.9 Å². The van der Waals surface area contributed by atoms with E-state index >= 15 is 0 Å². The number of carbonyl (C=O) groups is 1. The van der Waals surface area contributed by atoms with E-state index in [9.17, 15) is 18.4 Å². The molecule has 5 rings (SSSR count). The number of rotatable bonds is 4. The van der Waals surface area contributed by atoms with E-state index in [0.29, 0.717) is 15.0 Å². The number of thiophene rings is 1. The molecule has 6 nitrogen and oxygen atoms in total. The smallest absolute Gasteiger partial charge is 0.271 e. The molecule has 3 heterocycles. The second-order valence-electron chi connectivity index (χ2n) is 7.49. The molecule has 0 atom stereocenters. The molecule has 1 amide bonds. The van der Waals surface area contributed by atoms with Gasteiger partial charge in [-0.3, -0.25) is 14.2 Å². The number of anilines is 1. The third-order valence-corrected chi connectivity index (χ3v) is 6.21. The molecule has 0 saturated heterocycles. The first kappa shape index (κ1) is 20.9. The highest BCUT2D eigenvalue weighted by Gasteiger charge is 2.18. The fourth-order valence-electron chi connectivity index (χ4n) is 3.68. The Hall–Kier alpha value is -3.98. The summed E-state index contributed by atoms with van der Waals surface area (Å²) in [5.74, 6) is -2.14. The Morgan fingerprint density at radius 2 is 1.91 bits per heavy atom. The number of benzene rings is 2. The summed E-state index contributed by atoms with van der Waals surface area (Å²) >= 11 is 1.21. The van der Waals surface area contributed by atoms with Crippen molar-refractivity contribution < 1.29 is 13.6 Å². The predicted molar refractivity (Wildman–Crippen MR) is 124 cm³/mol. The second-order valence-corrected chi connectivity index (χ2v) is 8.49. The van der Waals surface area contributed by atoms with Crippen LogP contribution in [0.1, 0.15) is 5.69 Å². The Morgan fingerprint density at radius 1 is 1.12 bits per heavy atom. The molecule has 0 spiro atoms. The summed E-state index contributed by atoms with van der Waals surface area (Å²) in [5.41, 5.74) is 2.53. The Bertz CT molecular complexity index is 1600. The summed E-state index contributed by atoms with van der Waals surface area (Å²) in [4.78, 5) is 35.2. The zero-order chi connectivity index (χ0) is 23.1. The van der Waals surface area contributed by atoms with Gasteiger partial charge in [-0.1, -0.05) is 30.3 Å². The van der Waals surface area contributed by atoms with Crippen molar-refractivity contribution in [3.8, 4) is 11.1 Å². The van der Waals surface area contributed by atoms with Gasteiger partial charge in [-0.2, -0.15) is 0 Å². The quantitative estimate of drug-likeness (QED) is 0.412. The number of aryl methyl sites for hydroxylation is 1. The van der Waals surface area contributed by atoms with Gasteiger partial charge in [0.1, 0.15) is 27.7 Å². The lowest BCUT2D eigenvalue weighted by atomic mass is 10.0. The highest BCUT2D eigenvalue weighted by molar-refractivity contribution is 7.25. The summed E-state index contributed by atoms with van der Waals surface area (Å²) < 4.78 is 28.7. The first-order valence-corrected chi connectivity index (χ1v) is 10.8. The van der Waals surface area contributed by atoms with Crippen LogP contribution in [0.5, 0.6) is 0 Å². The van der Waals surface area contributed by atoms with Gasteiger partial charge in [0, 0.05) is 17.1 Å². The van der Waals surface area contributed by atoms with Crippen LogP contribution in [0.4, 0.5) is 14.5 Å². The molecular formula is C24H16F2N4O2S. The number of hydrogen-bond donors (Lipinski definition) is 1. The molecule has 0 aliphatic carbocycles. The minimum atomic E-state index is -0.773. The fraction of sp³-hybridized carbons (Fsp3) is 0.0833. The van der Waals surface area contributed by atoms with Gasteiger partial charge in [0.05, 0.1) is 17.5 Å². The third kappa shape index (κ3) is 3.87. The van der Waals surface area contributed by atoms with Crippen molar-refractivity contribution in [3.63, 3.8) is 0 Å². The van der Waals surface area contributed by atoms with Crippen LogP contribution in [0.15, 0.2) is 65.7 Å². The number of fused-ring (bicyclic) bond motifs is 3. The number of carbonyl (C=O) groups excluding carboxylic acids is 1. The SMILES string of the molecule is Cc1cc(-c2ccccc2)c2c(n1)sc1c(=O)n(CC(=O)Nc3cc(F)ccc3F)cnc12. The first-order valence-electron chi connectivity index (χ1n) is 10.0. The van der Waals surface area contributed by atoms with Crippen molar-refractivity contribution in [2.75, 3.05) is 5.32 Å². The fourth-order valence-corrected chi connectivity index (χ4v) is 4.83. The van der Waals surface area contributed by atoms with Gasteiger partial charge in [0.15, 0.2) is 0 Å². The molecule has 1 N–H and O–H groups in total. The molecule has 0 unspecified atom stereocenters. The maximum Gasteiger partial charge on any atom is 0.271 e. The van der Waals surface area contributed by atoms with Crippen LogP contribution >= 0.6 is 11.3 Å². The summed E-state index contributed by atoms with van der Waals surface area (Å²) in [5, 5.41) is 3.07. The van der Waals surface area contributed by atoms with Crippen molar-refractivity contribution in [2.24, 2.45) is 0 Å². The van der Waals surface area contributed by atoms with Crippen LogP contribution in [0.25, 0.3) is 31.6 Å². The molecule has 0 fully saturated rings. The summed E-state index contributed by atoms with van der Waals surface area (Å²) in [6, 6.07) is 14.5. The Morgan fingerprint density at radius 3 is 2.70 bits per heavy atom. The summed E-state index contributed by atoms with van der Waals surface area (Å²) in [6.45, 7) is 1.49. The Kier molecular flexibility index (Phi) is 5.18. The van der Waals surface area contributed by atoms with Crippen LogP contribution in [0.2, 0.25) is 0 Å². The highest BCUT2D eigenvalue weighted by atomic mass is 32.1. The van der Waals surface area contributed by atoms with Gasteiger partial charge in [-0.05, 0) is 36.2 Å². The van der Waals surface area contributed by atoms with E-state index < -0.39 is 29.6 Å². The average Bonchev–Trinajstić information content (AvgIpc) is 3.17. The zero-order valence-corrected chi connectivity index (χ0v) is 18.1. The number of hydrogen-bond acceptors (Lipinski definition) is 5. The highest BCUT2D eigenvalue weighted by Crippen LogP contribution is 2.37. The lowest BCUT2D eigenvalue weighted by Crippen LogP contribution is -2.27. The van der Waals surface area contributed by atoms with Crippen molar-refractivity contribution in [2.45, 2.75) is 13.5 Å². The number of nitrogens with zero attached hydrogens (tertiary/aromatic N) is 3. The van der Waals surface area contributed by atoms with E-state index in [1.165, 1.54) is 17.7 Å². The number of halogens is 2. The molecule has 164 valence electrons. The predicted octanol–water partition coefficient (Wildman–Crippen LogP) is 4.90. The molecule has 0 saturated carbocycles. The normalized spacial score (nSPS) is 11.2. The minimum absolute atomic E-state index is 0.295. The number of pyridine rings is 1. The Balaban J connectivity index is 1.56. The van der Waals surface area contributed by atoms with Gasteiger partial charge in [-0.25, -0.2) is 18.7 Å². The van der Waals surface area contributed by atoms with Gasteiger partial charge < -0.3 is 5.32 Å². The molecule has 5 aromatic rings. The molecule has 0 bridgehead atoms. The van der Waals surface area contributed by atoms with E-state index in [0.717, 1.165) is 45.0 Å². The molecular weight excluding hydrogens is 446 g/mol. The molecule has 33 heavy (non-hydrogen) atoms.